The maximum atomic E-state index is 15.1. The molecule has 12 heterocycles. The second-order valence-corrected chi connectivity index (χ2v) is 32.1. The van der Waals surface area contributed by atoms with Gasteiger partial charge < -0.3 is 82.9 Å². The van der Waals surface area contributed by atoms with Gasteiger partial charge in [0.05, 0.1) is 121 Å². The van der Waals surface area contributed by atoms with Gasteiger partial charge >= 0.3 is 81.2 Å². The number of carbonyl (C=O) groups excluding carboxylic acids is 5. The Kier molecular flexibility index (Phi) is 31.4. The summed E-state index contributed by atoms with van der Waals surface area (Å²) in [4.78, 5) is 114. The molecule has 682 valence electrons. The first-order valence-electron chi connectivity index (χ1n) is 37.5. The number of nitrogens with one attached hydrogen (secondary N) is 1. The quantitative estimate of drug-likeness (QED) is 0.0224. The van der Waals surface area contributed by atoms with Gasteiger partial charge in [-0.3, -0.25) is 9.36 Å². The molecule has 0 unspecified atom stereocenters. The van der Waals surface area contributed by atoms with Crippen LogP contribution < -0.4 is 95.6 Å². The molecular weight excluding hydrogens is 1970 g/mol. The number of aromatic carboxylic acids is 3. The number of H-pyrrole nitrogens is 1. The van der Waals surface area contributed by atoms with Crippen molar-refractivity contribution in [2.45, 2.75) is 6.92 Å². The maximum Gasteiger partial charge on any atom is 1.00 e. The number of hydrogen-bond donors (Lipinski definition) is 9. The number of anilines is 6. The number of furan rings is 1. The molecule has 0 fully saturated rings. The van der Waals surface area contributed by atoms with Crippen molar-refractivity contribution in [3.63, 3.8) is 0 Å². The van der Waals surface area contributed by atoms with Gasteiger partial charge in [-0.05, 0) is 113 Å². The monoisotopic (exact) mass is 2020 g/mol. The summed E-state index contributed by atoms with van der Waals surface area (Å²) in [5.41, 5.74) is 32.1. The number of fused-ring (bicyclic) bond motifs is 6. The Morgan fingerprint density at radius 1 is 0.444 bits per heavy atom. The maximum absolute atomic E-state index is 15.1. The number of ether oxygens (including phenoxy) is 4. The summed E-state index contributed by atoms with van der Waals surface area (Å²) < 4.78 is 130. The van der Waals surface area contributed by atoms with E-state index in [9.17, 15) is 70.1 Å². The summed E-state index contributed by atoms with van der Waals surface area (Å²) in [6.07, 6.45) is 4.42. The number of rotatable bonds is 13. The molecule has 0 spiro atoms. The van der Waals surface area contributed by atoms with Crippen molar-refractivity contribution in [2.24, 2.45) is 0 Å². The SMILES string of the molecule is COC(=O)c1nc(-c2ccc3ccn(C(C)=O)c3c2F)c(F)c(N)c1Cl.COC(=O)c1nc(-c2ccc3sccc3c2)c(F)c(N)c1Cl.COC(=O)c1nc(-c2ccc3scnc3c2)c(F)c(N)c1Cl.COc1c(N)nc(-c2ccc3sccc3c2)nc1C(=O)O.Nc1c(F)c(-c2ccc3cc[nH]c3c2F)nc(C(=O)[O-])c1Cl.Nc1c(F)c(-c2ccc3ccoc3c2)nc(C(=O)O)c1Cl.[K+]. The molecule has 0 atom stereocenters. The number of halogens is 12. The van der Waals surface area contributed by atoms with Crippen molar-refractivity contribution in [1.82, 2.24) is 49.4 Å². The van der Waals surface area contributed by atoms with Crippen LogP contribution >= 0.6 is 92.0 Å². The Morgan fingerprint density at radius 2 is 0.874 bits per heavy atom. The second-order valence-electron chi connectivity index (χ2n) is 27.4. The third kappa shape index (κ3) is 20.4. The minimum Gasteiger partial charge on any atom is -0.543 e. The fraction of sp³-hybridized carbons (Fsp3) is 0.0568. The number of nitrogen functional groups attached to an aromatic ring is 6. The molecule has 31 nitrogen and oxygen atoms in total. The summed E-state index contributed by atoms with van der Waals surface area (Å²) in [5.74, 6) is -13.3. The van der Waals surface area contributed by atoms with Gasteiger partial charge in [0.2, 0.25) is 5.91 Å². The third-order valence-corrected chi connectivity index (χ3v) is 24.0. The van der Waals surface area contributed by atoms with Crippen molar-refractivity contribution in [3.05, 3.63) is 262 Å². The molecule has 0 aliphatic carbocycles. The number of carboxylic acids is 3. The van der Waals surface area contributed by atoms with Crippen LogP contribution in [0, 0.1) is 40.7 Å². The average molecular weight is 2020 g/mol. The molecule has 18 rings (SSSR count). The van der Waals surface area contributed by atoms with Crippen LogP contribution in [0.4, 0.5) is 65.0 Å². The molecule has 0 saturated heterocycles. The molecule has 47 heteroatoms. The van der Waals surface area contributed by atoms with E-state index in [0.717, 1.165) is 41.9 Å². The molecular formula is C88H57Cl5F7KN16O15S3. The van der Waals surface area contributed by atoms with Gasteiger partial charge in [-0.2, -0.15) is 0 Å². The largest absolute Gasteiger partial charge is 1.00 e. The van der Waals surface area contributed by atoms with Gasteiger partial charge in [-0.15, -0.1) is 34.0 Å². The van der Waals surface area contributed by atoms with E-state index < -0.39 is 143 Å². The Labute approximate surface area is 832 Å². The topological polar surface area (TPSA) is 513 Å². The summed E-state index contributed by atoms with van der Waals surface area (Å²) in [6.45, 7) is 1.26. The van der Waals surface area contributed by atoms with E-state index in [1.165, 1.54) is 82.5 Å². The minimum atomic E-state index is -1.74. The molecule has 15 N–H and O–H groups in total. The van der Waals surface area contributed by atoms with E-state index in [1.807, 2.05) is 47.2 Å². The number of thiophene rings is 2. The molecule has 0 bridgehead atoms. The number of thiazole rings is 1. The van der Waals surface area contributed by atoms with Gasteiger partial charge in [-0.1, -0.05) is 94.4 Å². The average Bonchev–Trinajstić information content (AvgIpc) is 1.74. The van der Waals surface area contributed by atoms with Gasteiger partial charge in [0.25, 0.3) is 0 Å². The molecule has 12 aromatic heterocycles. The Hall–Kier alpha value is -13.7. The van der Waals surface area contributed by atoms with Crippen molar-refractivity contribution < 1.29 is 154 Å². The molecule has 135 heavy (non-hydrogen) atoms. The zero-order valence-corrected chi connectivity index (χ0v) is 78.9. The number of aromatic amines is 1. The fourth-order valence-electron chi connectivity index (χ4n) is 12.9. The summed E-state index contributed by atoms with van der Waals surface area (Å²) >= 11 is 33.6. The van der Waals surface area contributed by atoms with Crippen LogP contribution in [0.5, 0.6) is 5.75 Å². The molecule has 0 aliphatic rings. The normalized spacial score (nSPS) is 10.8. The van der Waals surface area contributed by atoms with Crippen LogP contribution in [0.25, 0.3) is 131 Å². The van der Waals surface area contributed by atoms with Crippen LogP contribution in [-0.2, 0) is 14.2 Å². The van der Waals surface area contributed by atoms with Crippen molar-refractivity contribution in [2.75, 3.05) is 62.8 Å². The number of hydrogen-bond acceptors (Lipinski definition) is 30. The first-order chi connectivity index (χ1) is 63.8. The first-order valence-corrected chi connectivity index (χ1v) is 42.1. The van der Waals surface area contributed by atoms with E-state index in [4.69, 9.17) is 107 Å². The second kappa shape index (κ2) is 42.2. The summed E-state index contributed by atoms with van der Waals surface area (Å²) in [5, 5.41) is 35.1. The molecule has 0 saturated carbocycles. The Bertz CT molecular complexity index is 7720. The Balaban J connectivity index is 0.000000146. The molecule has 0 aliphatic heterocycles. The minimum absolute atomic E-state index is 0. The number of aromatic nitrogens is 10. The van der Waals surface area contributed by atoms with Crippen molar-refractivity contribution >= 4 is 231 Å². The van der Waals surface area contributed by atoms with E-state index in [-0.39, 0.29) is 147 Å². The van der Waals surface area contributed by atoms with Crippen molar-refractivity contribution in [3.8, 4) is 73.4 Å². The van der Waals surface area contributed by atoms with Gasteiger partial charge in [0.1, 0.15) is 39.7 Å². The Morgan fingerprint density at radius 3 is 1.38 bits per heavy atom. The third-order valence-electron chi connectivity index (χ3n) is 19.5. The number of nitrogens with two attached hydrogens (primary N) is 6. The van der Waals surface area contributed by atoms with E-state index >= 15 is 4.39 Å². The predicted molar refractivity (Wildman–Crippen MR) is 493 cm³/mol. The van der Waals surface area contributed by atoms with Gasteiger partial charge in [-0.25, -0.2) is 94.6 Å². The standard InChI is InChI=1S/C17H12ClF2N3O3.C15H10ClFN2O2S.C14H8ClF2N3O2.C14H9ClFN3O2S.C14H8ClFN2O3.C14H11N3O3S.K/c1-7(24)23-6-5-8-3-4-9(11(19)16(8)23)14-12(20)13(21)10(18)15(22-14)17(25)26-2;1-21-15(20)14-10(16)12(18)11(17)13(19-14)8-2-3-9-7(6-8)4-5-22-9;15-7-10(18)9(17)12(20-13(7)14(21)22)6-2-1-5-3-4-19-11(5)8(6)16;1-21-14(20)13-9(15)11(17)10(16)12(19-13)6-2-3-8-7(4-6)18-5-22-8;15-9-11(17)10(16)12(18-13(9)14(19)20)7-2-1-6-3-4-21-8(6)5-7;1-20-11-10(14(18)19)16-13(17-12(11)15)8-2-3-9-7(6-8)4-5-21-9;/h3-6H,1-2H3,(H2,21,22);2-6H,1H3,(H2,18,19);1-4,19H,(H2,18,20)(H,21,22);2-5H,1H3,(H2,17,19);1-5H,(H2,17,18)(H,19,20);2-6H,1H3,(H,18,19)(H2,15,16,17);/q;;;;;;+1/p-1. The van der Waals surface area contributed by atoms with Crippen LogP contribution in [0.15, 0.2) is 167 Å². The number of benzene rings is 6. The zero-order chi connectivity index (χ0) is 97.0. The summed E-state index contributed by atoms with van der Waals surface area (Å²) in [7, 11) is 4.79. The van der Waals surface area contributed by atoms with Crippen molar-refractivity contribution in [1.29, 1.82) is 0 Å². The van der Waals surface area contributed by atoms with Crippen LogP contribution in [-0.4, -0.2) is 130 Å². The van der Waals surface area contributed by atoms with Crippen LogP contribution in [0.3, 0.4) is 0 Å². The summed E-state index contributed by atoms with van der Waals surface area (Å²) in [6, 6.07) is 35.5. The van der Waals surface area contributed by atoms with Crippen LogP contribution in [0.1, 0.15) is 74.6 Å². The number of nitrogens with zero attached hydrogens (tertiary/aromatic N) is 9. The number of pyridine rings is 5. The number of esters is 3. The number of carboxylic acid groups (broad SMARTS) is 3. The number of methoxy groups -OCH3 is 4. The molecule has 0 radical (unpaired) electrons. The molecule has 18 aromatic rings. The van der Waals surface area contributed by atoms with Gasteiger partial charge in [0.15, 0.2) is 86.6 Å². The van der Waals surface area contributed by atoms with E-state index in [2.05, 4.69) is 59.1 Å². The first kappa shape index (κ1) is 100. The van der Waals surface area contributed by atoms with E-state index in [1.54, 1.807) is 94.9 Å². The van der Waals surface area contributed by atoms with E-state index in [0.29, 0.717) is 44.1 Å². The smallest absolute Gasteiger partial charge is 0.543 e. The predicted octanol–water partition coefficient (Wildman–Crippen LogP) is 16.6. The number of carbonyl (C=O) groups is 7. The fourth-order valence-corrected chi connectivity index (χ4v) is 16.1. The molecule has 0 amide bonds. The zero-order valence-electron chi connectivity index (χ0n) is 69.5. The van der Waals surface area contributed by atoms with Gasteiger partial charge in [0, 0.05) is 78.3 Å². The van der Waals surface area contributed by atoms with Crippen LogP contribution in [0.2, 0.25) is 25.1 Å². The molecule has 6 aromatic carbocycles.